The van der Waals surface area contributed by atoms with E-state index < -0.39 is 39.3 Å². The van der Waals surface area contributed by atoms with Gasteiger partial charge in [0, 0.05) is 10.8 Å². The van der Waals surface area contributed by atoms with Gasteiger partial charge in [-0.25, -0.2) is 14.3 Å². The molecule has 0 aliphatic rings. The zero-order valence-electron chi connectivity index (χ0n) is 11.3. The van der Waals surface area contributed by atoms with Crippen molar-refractivity contribution < 1.29 is 23.0 Å². The molecule has 2 rings (SSSR count). The molecule has 0 radical (unpaired) electrons. The van der Waals surface area contributed by atoms with Crippen LogP contribution in [0.3, 0.4) is 0 Å². The van der Waals surface area contributed by atoms with Crippen molar-refractivity contribution in [2.45, 2.75) is 5.25 Å². The SMILES string of the molecule is O=C(C[S@](=O)C(c1ccc(F)cc1)c1ccc(F)cc1)NO. The number of amides is 1. The van der Waals surface area contributed by atoms with Crippen molar-refractivity contribution in [1.29, 1.82) is 0 Å². The van der Waals surface area contributed by atoms with Crippen LogP contribution in [0.5, 0.6) is 0 Å². The predicted molar refractivity (Wildman–Crippen MR) is 77.6 cm³/mol. The smallest absolute Gasteiger partial charge is 0.255 e. The van der Waals surface area contributed by atoms with Crippen LogP contribution < -0.4 is 5.48 Å². The molecule has 0 bridgehead atoms. The van der Waals surface area contributed by atoms with Crippen LogP contribution in [0, 0.1) is 11.6 Å². The Morgan fingerprint density at radius 1 is 1.00 bits per heavy atom. The van der Waals surface area contributed by atoms with E-state index in [9.17, 15) is 17.8 Å². The Kier molecular flexibility index (Phi) is 5.35. The van der Waals surface area contributed by atoms with Crippen molar-refractivity contribution in [1.82, 2.24) is 5.48 Å². The number of hydroxylamine groups is 1. The van der Waals surface area contributed by atoms with Gasteiger partial charge in [-0.1, -0.05) is 24.3 Å². The Morgan fingerprint density at radius 3 is 1.77 bits per heavy atom. The number of hydrogen-bond acceptors (Lipinski definition) is 3. The van der Waals surface area contributed by atoms with Crippen LogP contribution in [0.2, 0.25) is 0 Å². The van der Waals surface area contributed by atoms with Crippen molar-refractivity contribution in [3.63, 3.8) is 0 Å². The summed E-state index contributed by atoms with van der Waals surface area (Å²) in [6, 6.07) is 10.7. The van der Waals surface area contributed by atoms with Crippen LogP contribution in [0.15, 0.2) is 48.5 Å². The maximum Gasteiger partial charge on any atom is 0.255 e. The van der Waals surface area contributed by atoms with Crippen molar-refractivity contribution in [2.75, 3.05) is 5.75 Å². The Hall–Kier alpha value is -2.12. The van der Waals surface area contributed by atoms with Crippen molar-refractivity contribution in [2.24, 2.45) is 0 Å². The molecule has 2 N–H and O–H groups in total. The number of benzene rings is 2. The largest absolute Gasteiger partial charge is 0.289 e. The third kappa shape index (κ3) is 3.96. The van der Waals surface area contributed by atoms with Gasteiger partial charge in [0.15, 0.2) is 0 Å². The topological polar surface area (TPSA) is 66.4 Å². The molecule has 1 amide bonds. The molecule has 0 spiro atoms. The van der Waals surface area contributed by atoms with Crippen LogP contribution in [0.1, 0.15) is 16.4 Å². The van der Waals surface area contributed by atoms with E-state index >= 15 is 0 Å². The minimum atomic E-state index is -1.72. The Morgan fingerprint density at radius 2 is 1.41 bits per heavy atom. The van der Waals surface area contributed by atoms with Crippen molar-refractivity contribution in [3.05, 3.63) is 71.3 Å². The fourth-order valence-electron chi connectivity index (χ4n) is 2.02. The highest BCUT2D eigenvalue weighted by Crippen LogP contribution is 2.28. The predicted octanol–water partition coefficient (Wildman–Crippen LogP) is 2.31. The van der Waals surface area contributed by atoms with Crippen LogP contribution in [0.4, 0.5) is 8.78 Å². The molecule has 0 saturated carbocycles. The van der Waals surface area contributed by atoms with E-state index in [-0.39, 0.29) is 0 Å². The van der Waals surface area contributed by atoms with E-state index in [1.165, 1.54) is 54.0 Å². The fourth-order valence-corrected chi connectivity index (χ4v) is 3.43. The second-order valence-corrected chi connectivity index (χ2v) is 6.06. The molecule has 0 aromatic heterocycles. The summed E-state index contributed by atoms with van der Waals surface area (Å²) in [5.74, 6) is -2.12. The molecule has 7 heteroatoms. The third-order valence-corrected chi connectivity index (χ3v) is 4.62. The van der Waals surface area contributed by atoms with Gasteiger partial charge in [-0.2, -0.15) is 0 Å². The Labute approximate surface area is 128 Å². The van der Waals surface area contributed by atoms with Gasteiger partial charge >= 0.3 is 0 Å². The number of carbonyl (C=O) groups excluding carboxylic acids is 1. The van der Waals surface area contributed by atoms with Gasteiger partial charge < -0.3 is 0 Å². The monoisotopic (exact) mass is 325 g/mol. The first-order valence-electron chi connectivity index (χ1n) is 6.32. The lowest BCUT2D eigenvalue weighted by Crippen LogP contribution is -2.27. The second kappa shape index (κ2) is 7.24. The van der Waals surface area contributed by atoms with E-state index in [0.29, 0.717) is 11.1 Å². The van der Waals surface area contributed by atoms with Crippen LogP contribution in [0.25, 0.3) is 0 Å². The minimum absolute atomic E-state index is 0.435. The number of carbonyl (C=O) groups is 1. The maximum absolute atomic E-state index is 13.0. The van der Waals surface area contributed by atoms with E-state index in [2.05, 4.69) is 0 Å². The molecule has 116 valence electrons. The number of nitrogens with one attached hydrogen (secondary N) is 1. The maximum atomic E-state index is 13.0. The second-order valence-electron chi connectivity index (χ2n) is 4.54. The number of hydrogen-bond donors (Lipinski definition) is 2. The summed E-state index contributed by atoms with van der Waals surface area (Å²) in [4.78, 5) is 11.2. The van der Waals surface area contributed by atoms with Gasteiger partial charge in [0.1, 0.15) is 17.4 Å². The van der Waals surface area contributed by atoms with Gasteiger partial charge in [-0.15, -0.1) is 0 Å². The summed E-state index contributed by atoms with van der Waals surface area (Å²) in [6.45, 7) is 0. The number of halogens is 2. The molecule has 0 aliphatic heterocycles. The average Bonchev–Trinajstić information content (AvgIpc) is 2.51. The van der Waals surface area contributed by atoms with Crippen molar-refractivity contribution >= 4 is 16.7 Å². The normalized spacial score (nSPS) is 12.2. The Balaban J connectivity index is 2.39. The van der Waals surface area contributed by atoms with E-state index in [0.717, 1.165) is 0 Å². The van der Waals surface area contributed by atoms with Crippen LogP contribution in [-0.2, 0) is 15.6 Å². The van der Waals surface area contributed by atoms with Gasteiger partial charge in [0.2, 0.25) is 0 Å². The standard InChI is InChI=1S/C15H13F2NO3S/c16-12-5-1-10(2-6-12)15(22(21)9-14(19)18-20)11-3-7-13(17)8-4-11/h1-8,15,20H,9H2,(H,18,19)/t22-/m0/s1. The van der Waals surface area contributed by atoms with E-state index in [1.807, 2.05) is 0 Å². The molecule has 0 unspecified atom stereocenters. The fraction of sp³-hybridized carbons (Fsp3) is 0.133. The molecule has 2 aromatic rings. The summed E-state index contributed by atoms with van der Waals surface area (Å²) < 4.78 is 38.5. The van der Waals surface area contributed by atoms with Crippen LogP contribution in [-0.4, -0.2) is 21.1 Å². The van der Waals surface area contributed by atoms with Gasteiger partial charge in [-0.05, 0) is 35.4 Å². The number of rotatable bonds is 5. The molecular formula is C15H13F2NO3S. The zero-order valence-corrected chi connectivity index (χ0v) is 12.1. The third-order valence-electron chi connectivity index (χ3n) is 3.01. The van der Waals surface area contributed by atoms with Gasteiger partial charge in [0.25, 0.3) is 5.91 Å². The zero-order chi connectivity index (χ0) is 16.1. The van der Waals surface area contributed by atoms with E-state index in [4.69, 9.17) is 5.21 Å². The summed E-state index contributed by atoms with van der Waals surface area (Å²) in [6.07, 6.45) is 0. The quantitative estimate of drug-likeness (QED) is 0.655. The lowest BCUT2D eigenvalue weighted by molar-refractivity contribution is -0.126. The van der Waals surface area contributed by atoms with E-state index in [1.54, 1.807) is 0 Å². The molecule has 0 saturated heterocycles. The van der Waals surface area contributed by atoms with Crippen molar-refractivity contribution in [3.8, 4) is 0 Å². The summed E-state index contributed by atoms with van der Waals surface area (Å²) in [7, 11) is -1.72. The highest BCUT2D eigenvalue weighted by Gasteiger charge is 2.23. The highest BCUT2D eigenvalue weighted by molar-refractivity contribution is 7.86. The summed E-state index contributed by atoms with van der Waals surface area (Å²) >= 11 is 0. The molecular weight excluding hydrogens is 312 g/mol. The first-order chi connectivity index (χ1) is 10.5. The minimum Gasteiger partial charge on any atom is -0.289 e. The molecule has 0 heterocycles. The molecule has 2 aromatic carbocycles. The lowest BCUT2D eigenvalue weighted by atomic mass is 10.0. The first kappa shape index (κ1) is 16.3. The first-order valence-corrected chi connectivity index (χ1v) is 7.70. The van der Waals surface area contributed by atoms with Gasteiger partial charge in [0.05, 0.1) is 5.25 Å². The summed E-state index contributed by atoms with van der Waals surface area (Å²) in [5, 5.41) is 7.81. The van der Waals surface area contributed by atoms with Crippen LogP contribution >= 0.6 is 0 Å². The molecule has 22 heavy (non-hydrogen) atoms. The molecule has 0 fully saturated rings. The summed E-state index contributed by atoms with van der Waals surface area (Å²) in [5.41, 5.74) is 2.47. The molecule has 0 aliphatic carbocycles. The molecule has 4 nitrogen and oxygen atoms in total. The lowest BCUT2D eigenvalue weighted by Gasteiger charge is -2.17. The average molecular weight is 325 g/mol. The van der Waals surface area contributed by atoms with Gasteiger partial charge in [-0.3, -0.25) is 14.2 Å². The Bertz CT molecular complexity index is 629. The molecule has 1 atom stereocenters. The highest BCUT2D eigenvalue weighted by atomic mass is 32.2.